The summed E-state index contributed by atoms with van der Waals surface area (Å²) < 4.78 is 84.6. The van der Waals surface area contributed by atoms with Gasteiger partial charge in [-0.15, -0.1) is 11.8 Å². The largest absolute Gasteiger partial charge is 0.495 e. The van der Waals surface area contributed by atoms with Crippen molar-refractivity contribution in [1.29, 1.82) is 5.26 Å². The van der Waals surface area contributed by atoms with Crippen molar-refractivity contribution in [2.24, 2.45) is 0 Å². The molecule has 0 aromatic heterocycles. The summed E-state index contributed by atoms with van der Waals surface area (Å²) in [7, 11) is -3.45. The Bertz CT molecular complexity index is 1160. The van der Waals surface area contributed by atoms with E-state index in [1.807, 2.05) is 0 Å². The summed E-state index contributed by atoms with van der Waals surface area (Å²) in [5, 5.41) is 9.59. The molecule has 1 saturated heterocycles. The van der Waals surface area contributed by atoms with Crippen molar-refractivity contribution in [3.05, 3.63) is 63.8 Å². The standard InChI is InChI=1S/C19H14F4N2O3S2/c1-28-15-5-3-2-4-14(15)25-8-9-29-18(25)17(11-24)30(26,27)16-10-12(19(21,22)23)6-7-13(16)20/h2-7,10H,8-9H2,1H3/b18-17-. The number of sulfone groups is 1. The van der Waals surface area contributed by atoms with Crippen LogP contribution in [-0.2, 0) is 16.0 Å². The summed E-state index contributed by atoms with van der Waals surface area (Å²) in [5.41, 5.74) is -0.849. The van der Waals surface area contributed by atoms with Crippen molar-refractivity contribution in [2.45, 2.75) is 11.1 Å². The molecular formula is C19H14F4N2O3S2. The van der Waals surface area contributed by atoms with Gasteiger partial charge in [0, 0.05) is 12.3 Å². The van der Waals surface area contributed by atoms with Crippen LogP contribution in [0.1, 0.15) is 5.56 Å². The van der Waals surface area contributed by atoms with Crippen LogP contribution in [0.5, 0.6) is 5.75 Å². The summed E-state index contributed by atoms with van der Waals surface area (Å²) in [6.45, 7) is 0.326. The van der Waals surface area contributed by atoms with Crippen LogP contribution in [0.2, 0.25) is 0 Å². The Morgan fingerprint density at radius 1 is 1.23 bits per heavy atom. The number of nitriles is 1. The van der Waals surface area contributed by atoms with Gasteiger partial charge in [0.05, 0.1) is 18.4 Å². The van der Waals surface area contributed by atoms with Crippen LogP contribution >= 0.6 is 11.8 Å². The maximum absolute atomic E-state index is 14.3. The van der Waals surface area contributed by atoms with E-state index < -0.39 is 37.2 Å². The van der Waals surface area contributed by atoms with Gasteiger partial charge in [-0.1, -0.05) is 12.1 Å². The number of benzene rings is 2. The topological polar surface area (TPSA) is 70.4 Å². The number of allylic oxidation sites excluding steroid dienone is 1. The fourth-order valence-electron chi connectivity index (χ4n) is 2.90. The molecule has 1 aliphatic rings. The molecule has 1 aliphatic heterocycles. The molecule has 0 radical (unpaired) electrons. The van der Waals surface area contributed by atoms with E-state index in [2.05, 4.69) is 0 Å². The van der Waals surface area contributed by atoms with Crippen molar-refractivity contribution in [3.63, 3.8) is 0 Å². The van der Waals surface area contributed by atoms with E-state index in [-0.39, 0.29) is 11.1 Å². The summed E-state index contributed by atoms with van der Waals surface area (Å²) in [4.78, 5) is -0.506. The Morgan fingerprint density at radius 2 is 1.93 bits per heavy atom. The predicted octanol–water partition coefficient (Wildman–Crippen LogP) is 4.57. The molecule has 0 aliphatic carbocycles. The molecule has 11 heteroatoms. The maximum atomic E-state index is 14.3. The molecular weight excluding hydrogens is 444 g/mol. The number of halogens is 4. The number of hydrogen-bond acceptors (Lipinski definition) is 6. The first-order chi connectivity index (χ1) is 14.1. The van der Waals surface area contributed by atoms with Crippen LogP contribution in [-0.4, -0.2) is 27.8 Å². The Balaban J connectivity index is 2.19. The van der Waals surface area contributed by atoms with Gasteiger partial charge in [0.2, 0.25) is 9.84 Å². The first-order valence-corrected chi connectivity index (χ1v) is 10.9. The summed E-state index contributed by atoms with van der Waals surface area (Å²) in [6, 6.07) is 9.30. The van der Waals surface area contributed by atoms with E-state index in [1.54, 1.807) is 30.3 Å². The molecule has 0 spiro atoms. The van der Waals surface area contributed by atoms with E-state index in [0.29, 0.717) is 35.9 Å². The quantitative estimate of drug-likeness (QED) is 0.494. The van der Waals surface area contributed by atoms with Crippen LogP contribution in [0, 0.1) is 17.1 Å². The van der Waals surface area contributed by atoms with E-state index >= 15 is 0 Å². The van der Waals surface area contributed by atoms with Gasteiger partial charge < -0.3 is 9.64 Å². The van der Waals surface area contributed by atoms with Gasteiger partial charge in [-0.2, -0.15) is 18.4 Å². The molecule has 30 heavy (non-hydrogen) atoms. The highest BCUT2D eigenvalue weighted by Crippen LogP contribution is 2.42. The summed E-state index contributed by atoms with van der Waals surface area (Å²) in [6.07, 6.45) is -4.87. The lowest BCUT2D eigenvalue weighted by Crippen LogP contribution is -2.21. The average Bonchev–Trinajstić information content (AvgIpc) is 3.16. The van der Waals surface area contributed by atoms with Crippen molar-refractivity contribution in [2.75, 3.05) is 24.3 Å². The second-order valence-electron chi connectivity index (χ2n) is 6.06. The number of anilines is 1. The third kappa shape index (κ3) is 3.97. The fourth-order valence-corrected chi connectivity index (χ4v) is 5.68. The molecule has 2 aromatic rings. The minimum atomic E-state index is -4.87. The first kappa shape index (κ1) is 22.0. The maximum Gasteiger partial charge on any atom is 0.416 e. The molecule has 158 valence electrons. The number of ether oxygens (including phenoxy) is 1. The number of nitrogens with zero attached hydrogens (tertiary/aromatic N) is 2. The number of hydrogen-bond donors (Lipinski definition) is 0. The van der Waals surface area contributed by atoms with E-state index in [1.165, 1.54) is 12.0 Å². The monoisotopic (exact) mass is 458 g/mol. The molecule has 0 unspecified atom stereocenters. The molecule has 0 amide bonds. The lowest BCUT2D eigenvalue weighted by atomic mass is 10.2. The Morgan fingerprint density at radius 3 is 2.57 bits per heavy atom. The normalized spacial score (nSPS) is 16.3. The molecule has 0 atom stereocenters. The van der Waals surface area contributed by atoms with Crippen molar-refractivity contribution >= 4 is 27.3 Å². The van der Waals surface area contributed by atoms with Crippen LogP contribution in [0.3, 0.4) is 0 Å². The van der Waals surface area contributed by atoms with Gasteiger partial charge in [0.25, 0.3) is 0 Å². The van der Waals surface area contributed by atoms with Crippen molar-refractivity contribution in [1.82, 2.24) is 0 Å². The third-order valence-corrected chi connectivity index (χ3v) is 7.22. The predicted molar refractivity (Wildman–Crippen MR) is 104 cm³/mol. The molecule has 2 aromatic carbocycles. The second kappa shape index (κ2) is 8.20. The van der Waals surface area contributed by atoms with E-state index in [9.17, 15) is 31.2 Å². The smallest absolute Gasteiger partial charge is 0.416 e. The van der Waals surface area contributed by atoms with Gasteiger partial charge in [-0.25, -0.2) is 12.8 Å². The van der Waals surface area contributed by atoms with E-state index in [0.717, 1.165) is 11.8 Å². The van der Waals surface area contributed by atoms with Gasteiger partial charge in [0.15, 0.2) is 4.91 Å². The lowest BCUT2D eigenvalue weighted by Gasteiger charge is -2.22. The lowest BCUT2D eigenvalue weighted by molar-refractivity contribution is -0.137. The number of rotatable bonds is 4. The van der Waals surface area contributed by atoms with Gasteiger partial charge >= 0.3 is 6.18 Å². The van der Waals surface area contributed by atoms with Gasteiger partial charge in [0.1, 0.15) is 27.6 Å². The van der Waals surface area contributed by atoms with Crippen molar-refractivity contribution < 1.29 is 30.7 Å². The fraction of sp³-hybridized carbons (Fsp3) is 0.211. The molecule has 3 rings (SSSR count). The molecule has 1 fully saturated rings. The van der Waals surface area contributed by atoms with Crippen LogP contribution in [0.25, 0.3) is 0 Å². The summed E-state index contributed by atoms with van der Waals surface area (Å²) in [5.74, 6) is -0.542. The minimum Gasteiger partial charge on any atom is -0.495 e. The minimum absolute atomic E-state index is 0.00110. The second-order valence-corrected chi connectivity index (χ2v) is 9.00. The third-order valence-electron chi connectivity index (χ3n) is 4.29. The first-order valence-electron chi connectivity index (χ1n) is 8.41. The summed E-state index contributed by atoms with van der Waals surface area (Å²) >= 11 is 1.04. The highest BCUT2D eigenvalue weighted by Gasteiger charge is 2.37. The zero-order chi connectivity index (χ0) is 22.1. The Hall–Kier alpha value is -2.71. The SMILES string of the molecule is COc1ccccc1N1CCS/C1=C(/C#N)S(=O)(=O)c1cc(C(F)(F)F)ccc1F. The van der Waals surface area contributed by atoms with Gasteiger partial charge in [-0.05, 0) is 30.3 Å². The Labute approximate surface area is 174 Å². The van der Waals surface area contributed by atoms with Crippen molar-refractivity contribution in [3.8, 4) is 11.8 Å². The van der Waals surface area contributed by atoms with Crippen LogP contribution in [0.15, 0.2) is 57.3 Å². The van der Waals surface area contributed by atoms with E-state index in [4.69, 9.17) is 4.74 Å². The number of thioether (sulfide) groups is 1. The zero-order valence-electron chi connectivity index (χ0n) is 15.4. The highest BCUT2D eigenvalue weighted by molar-refractivity contribution is 8.05. The molecule has 0 bridgehead atoms. The van der Waals surface area contributed by atoms with Crippen LogP contribution < -0.4 is 9.64 Å². The molecule has 0 N–H and O–H groups in total. The highest BCUT2D eigenvalue weighted by atomic mass is 32.2. The number of para-hydroxylation sites is 2. The van der Waals surface area contributed by atoms with Gasteiger partial charge in [-0.3, -0.25) is 0 Å². The Kier molecular flexibility index (Phi) is 6.01. The zero-order valence-corrected chi connectivity index (χ0v) is 17.0. The number of alkyl halides is 3. The van der Waals surface area contributed by atoms with Crippen LogP contribution in [0.4, 0.5) is 23.2 Å². The molecule has 5 nitrogen and oxygen atoms in total. The molecule has 0 saturated carbocycles. The number of methoxy groups -OCH3 is 1. The average molecular weight is 458 g/mol. The molecule has 1 heterocycles.